The molecule has 16 nitrogen and oxygen atoms in total. The van der Waals surface area contributed by atoms with E-state index in [1.54, 1.807) is 80.2 Å². The number of anilines is 1. The fourth-order valence-electron chi connectivity index (χ4n) is 7.92. The lowest BCUT2D eigenvalue weighted by Crippen LogP contribution is -2.58. The van der Waals surface area contributed by atoms with Gasteiger partial charge in [0, 0.05) is 39.9 Å². The van der Waals surface area contributed by atoms with Gasteiger partial charge in [0.15, 0.2) is 11.0 Å². The van der Waals surface area contributed by atoms with Gasteiger partial charge in [0.25, 0.3) is 5.91 Å². The van der Waals surface area contributed by atoms with Crippen LogP contribution < -0.4 is 20.7 Å². The Labute approximate surface area is 388 Å². The zero-order valence-corrected chi connectivity index (χ0v) is 40.5. The zero-order valence-electron chi connectivity index (χ0n) is 39.7. The Morgan fingerprint density at radius 3 is 2.05 bits per heavy atom. The molecule has 66 heavy (non-hydrogen) atoms. The van der Waals surface area contributed by atoms with Crippen molar-refractivity contribution in [1.82, 2.24) is 25.2 Å². The first-order chi connectivity index (χ1) is 30.8. The van der Waals surface area contributed by atoms with Crippen LogP contribution in [0.5, 0.6) is 0 Å². The van der Waals surface area contributed by atoms with Crippen molar-refractivity contribution in [3.63, 3.8) is 0 Å². The van der Waals surface area contributed by atoms with Gasteiger partial charge in [-0.05, 0) is 75.3 Å². The van der Waals surface area contributed by atoms with Crippen molar-refractivity contribution in [2.75, 3.05) is 33.1 Å². The summed E-state index contributed by atoms with van der Waals surface area (Å²) >= 11 is 0. The Balaban J connectivity index is 1.80. The third-order valence-corrected chi connectivity index (χ3v) is 12.6. The maximum atomic E-state index is 14.3. The fraction of sp³-hybridized carbons (Fsp3) is 0.609. The third kappa shape index (κ3) is 15.8. The van der Waals surface area contributed by atoms with Crippen LogP contribution in [0, 0.1) is 17.8 Å². The first kappa shape index (κ1) is 55.2. The average molecular weight is 953 g/mol. The molecule has 1 aliphatic heterocycles. The lowest BCUT2D eigenvalue weighted by atomic mass is 9.89. The SMILES string of the molecule is CC[C@@H](C)[C@@H]([C@@H](CC(=O)N1CCC[C@H]1[C@H](OC)[C@@H](C)C(=O)N[C@@H](Cc1ccccc1)C(=O)NS(=O)c1ccc(NC(=O)C(F)(F)F)cc1)OC)N(C)C(=O)[C@@H](NC(=O)OC(C)(C)C)C(C)C. The molecule has 6 amide bonds. The van der Waals surface area contributed by atoms with Gasteiger partial charge < -0.3 is 40.0 Å². The minimum absolute atomic E-state index is 0.00187. The molecule has 0 bridgehead atoms. The molecule has 20 heteroatoms. The largest absolute Gasteiger partial charge is 0.471 e. The van der Waals surface area contributed by atoms with Gasteiger partial charge in [0.05, 0.1) is 41.5 Å². The predicted octanol–water partition coefficient (Wildman–Crippen LogP) is 5.52. The molecule has 1 heterocycles. The lowest BCUT2D eigenvalue weighted by molar-refractivity contribution is -0.167. The van der Waals surface area contributed by atoms with E-state index in [1.807, 2.05) is 27.7 Å². The molecule has 368 valence electrons. The number of likely N-dealkylation sites (tertiary alicyclic amines) is 1. The Morgan fingerprint density at radius 1 is 0.894 bits per heavy atom. The minimum atomic E-state index is -5.11. The second-order valence-corrected chi connectivity index (χ2v) is 19.1. The van der Waals surface area contributed by atoms with E-state index < -0.39 is 88.9 Å². The van der Waals surface area contributed by atoms with E-state index in [9.17, 15) is 46.1 Å². The van der Waals surface area contributed by atoms with Crippen LogP contribution in [0.2, 0.25) is 0 Å². The number of likely N-dealkylation sites (N-methyl/N-ethyl adjacent to an activating group) is 1. The summed E-state index contributed by atoms with van der Waals surface area (Å²) in [5.41, 5.74) is -0.312. The van der Waals surface area contributed by atoms with Gasteiger partial charge in [-0.15, -0.1) is 0 Å². The summed E-state index contributed by atoms with van der Waals surface area (Å²) in [6.07, 6.45) is -5.77. The number of amides is 6. The number of carbonyl (C=O) groups excluding carboxylic acids is 6. The summed E-state index contributed by atoms with van der Waals surface area (Å²) in [7, 11) is 2.33. The molecule has 0 radical (unpaired) electrons. The number of halogens is 3. The molecule has 0 aliphatic carbocycles. The van der Waals surface area contributed by atoms with Crippen molar-refractivity contribution < 1.29 is 60.4 Å². The maximum Gasteiger partial charge on any atom is 0.471 e. The van der Waals surface area contributed by atoms with Crippen molar-refractivity contribution in [1.29, 1.82) is 0 Å². The summed E-state index contributed by atoms with van der Waals surface area (Å²) in [4.78, 5) is 83.5. The van der Waals surface area contributed by atoms with Gasteiger partial charge in [0.1, 0.15) is 17.7 Å². The van der Waals surface area contributed by atoms with Crippen LogP contribution in [0.4, 0.5) is 23.7 Å². The van der Waals surface area contributed by atoms with E-state index in [0.29, 0.717) is 31.4 Å². The first-order valence-corrected chi connectivity index (χ1v) is 23.1. The first-order valence-electron chi connectivity index (χ1n) is 22.0. The predicted molar refractivity (Wildman–Crippen MR) is 242 cm³/mol. The van der Waals surface area contributed by atoms with Crippen molar-refractivity contribution in [3.05, 3.63) is 60.2 Å². The molecule has 1 fully saturated rings. The van der Waals surface area contributed by atoms with Crippen molar-refractivity contribution in [2.24, 2.45) is 17.8 Å². The number of benzene rings is 2. The molecule has 0 spiro atoms. The highest BCUT2D eigenvalue weighted by molar-refractivity contribution is 7.83. The van der Waals surface area contributed by atoms with Gasteiger partial charge >= 0.3 is 18.2 Å². The van der Waals surface area contributed by atoms with Crippen molar-refractivity contribution in [2.45, 2.75) is 141 Å². The van der Waals surface area contributed by atoms with Gasteiger partial charge in [0.2, 0.25) is 17.7 Å². The van der Waals surface area contributed by atoms with E-state index in [1.165, 1.54) is 26.4 Å². The number of rotatable bonds is 21. The van der Waals surface area contributed by atoms with Crippen LogP contribution in [-0.2, 0) is 55.6 Å². The third-order valence-electron chi connectivity index (χ3n) is 11.6. The minimum Gasteiger partial charge on any atom is -0.444 e. The summed E-state index contributed by atoms with van der Waals surface area (Å²) in [5.74, 6) is -5.57. The molecule has 0 saturated carbocycles. The number of nitrogens with one attached hydrogen (secondary N) is 4. The van der Waals surface area contributed by atoms with Crippen LogP contribution in [0.3, 0.4) is 0 Å². The van der Waals surface area contributed by atoms with Crippen LogP contribution in [0.25, 0.3) is 0 Å². The standard InChI is InChI=1S/C46H67F3N6O10S/c1-12-28(4)38(54(9)42(59)37(27(2)3)52-44(61)65-45(6,7)8)35(63-10)26-36(56)55-24-16-19-34(55)39(64-11)29(5)40(57)51-33(25-30-17-14-13-15-18-30)41(58)53-66(62)32-22-20-31(21-23-32)50-43(60)46(47,48)49/h13-15,17-18,20-23,27-29,33-35,37-39H,12,16,19,24-26H2,1-11H3,(H,50,60)(H,51,57)(H,52,61)(H,53,58)/t28-,29-,33+,34+,35-,37+,38+,39-,66?/m1/s1. The number of nitrogens with zero attached hydrogens (tertiary/aromatic N) is 2. The summed E-state index contributed by atoms with van der Waals surface area (Å²) in [5, 5.41) is 7.18. The Kier molecular flexibility index (Phi) is 20.6. The second kappa shape index (κ2) is 24.6. The number of alkyl carbamates (subject to hydrolysis) is 1. The van der Waals surface area contributed by atoms with E-state index in [-0.39, 0.29) is 47.1 Å². The molecule has 1 saturated heterocycles. The molecule has 2 aromatic carbocycles. The van der Waals surface area contributed by atoms with E-state index >= 15 is 0 Å². The highest BCUT2D eigenvalue weighted by atomic mass is 32.2. The summed E-state index contributed by atoms with van der Waals surface area (Å²) in [6.45, 7) is 14.7. The van der Waals surface area contributed by atoms with E-state index in [2.05, 4.69) is 15.4 Å². The summed E-state index contributed by atoms with van der Waals surface area (Å²) < 4.78 is 71.1. The number of ether oxygens (including phenoxy) is 3. The topological polar surface area (TPSA) is 202 Å². The Hall–Kier alpha value is -5.08. The van der Waals surface area contributed by atoms with Crippen molar-refractivity contribution in [3.8, 4) is 0 Å². The number of alkyl halides is 3. The number of hydrogen-bond acceptors (Lipinski definition) is 10. The second-order valence-electron chi connectivity index (χ2n) is 17.9. The van der Waals surface area contributed by atoms with E-state index in [4.69, 9.17) is 14.2 Å². The zero-order chi connectivity index (χ0) is 49.7. The van der Waals surface area contributed by atoms with Crippen LogP contribution >= 0.6 is 0 Å². The molecule has 0 aromatic heterocycles. The number of carbonyl (C=O) groups is 6. The quantitative estimate of drug-likeness (QED) is 0.123. The highest BCUT2D eigenvalue weighted by Crippen LogP contribution is 2.30. The van der Waals surface area contributed by atoms with E-state index in [0.717, 1.165) is 12.1 Å². The molecule has 4 N–H and O–H groups in total. The summed E-state index contributed by atoms with van der Waals surface area (Å²) in [6, 6.07) is 10.0. The molecular formula is C46H67F3N6O10S. The Bertz CT molecular complexity index is 1990. The molecule has 3 rings (SSSR count). The van der Waals surface area contributed by atoms with Crippen molar-refractivity contribution >= 4 is 52.3 Å². The molecule has 2 aromatic rings. The normalized spacial score (nSPS) is 17.9. The van der Waals surface area contributed by atoms with Crippen LogP contribution in [0.15, 0.2) is 59.5 Å². The van der Waals surface area contributed by atoms with Gasteiger partial charge in [-0.25, -0.2) is 9.00 Å². The molecule has 1 unspecified atom stereocenters. The fourth-order valence-corrected chi connectivity index (χ4v) is 8.75. The lowest BCUT2D eigenvalue weighted by Gasteiger charge is -2.40. The molecule has 9 atom stereocenters. The molecule has 1 aliphatic rings. The molecular weight excluding hydrogens is 886 g/mol. The van der Waals surface area contributed by atoms with Gasteiger partial charge in [-0.3, -0.25) is 28.7 Å². The van der Waals surface area contributed by atoms with Crippen LogP contribution in [0.1, 0.15) is 86.6 Å². The van der Waals surface area contributed by atoms with Crippen LogP contribution in [-0.4, -0.2) is 126 Å². The number of hydrogen-bond donors (Lipinski definition) is 4. The van der Waals surface area contributed by atoms with Gasteiger partial charge in [-0.2, -0.15) is 13.2 Å². The van der Waals surface area contributed by atoms with Gasteiger partial charge in [-0.1, -0.05) is 71.4 Å². The maximum absolute atomic E-state index is 14.3. The number of methoxy groups -OCH3 is 2. The smallest absolute Gasteiger partial charge is 0.444 e. The highest BCUT2D eigenvalue weighted by Gasteiger charge is 2.44. The average Bonchev–Trinajstić information content (AvgIpc) is 3.74. The Morgan fingerprint density at radius 2 is 1.52 bits per heavy atom. The monoisotopic (exact) mass is 952 g/mol.